The zero-order chi connectivity index (χ0) is 26.4. The quantitative estimate of drug-likeness (QED) is 0.392. The fraction of sp³-hybridized carbons (Fsp3) is 0.321. The van der Waals surface area contributed by atoms with Crippen LogP contribution in [0.1, 0.15) is 25.3 Å². The standard InChI is InChI=1S/C28H32N2O6S/c1-3-4-16-30(22-9-7-8-21(17-22)18-28(31)32)37(33,34)25-14-12-23(13-15-25)35-20-24-19-29(2)26-10-5-6-11-27(26)36-24/h5-15,17,24H,3-4,16,18-20H2,1-2H3,(H,31,32)/t24-/m0/s1. The Hall–Kier alpha value is -3.72. The van der Waals surface area contributed by atoms with Crippen molar-refractivity contribution < 1.29 is 27.8 Å². The van der Waals surface area contributed by atoms with Crippen molar-refractivity contribution in [2.24, 2.45) is 0 Å². The molecule has 9 heteroatoms. The fourth-order valence-electron chi connectivity index (χ4n) is 4.29. The number of sulfonamides is 1. The first kappa shape index (κ1) is 26.3. The normalized spacial score (nSPS) is 15.0. The maximum absolute atomic E-state index is 13.6. The Kier molecular flexibility index (Phi) is 8.23. The highest BCUT2D eigenvalue weighted by molar-refractivity contribution is 7.92. The minimum absolute atomic E-state index is 0.141. The van der Waals surface area contributed by atoms with E-state index in [4.69, 9.17) is 14.6 Å². The number of carbonyl (C=O) groups is 1. The fourth-order valence-corrected chi connectivity index (χ4v) is 5.78. The summed E-state index contributed by atoms with van der Waals surface area (Å²) < 4.78 is 40.5. The SMILES string of the molecule is CCCCN(c1cccc(CC(=O)O)c1)S(=O)(=O)c1ccc(OC[C@@H]2CN(C)c3ccccc3O2)cc1. The van der Waals surface area contributed by atoms with Gasteiger partial charge in [0.25, 0.3) is 10.0 Å². The smallest absolute Gasteiger partial charge is 0.307 e. The summed E-state index contributed by atoms with van der Waals surface area (Å²) in [5, 5.41) is 9.13. The monoisotopic (exact) mass is 524 g/mol. The lowest BCUT2D eigenvalue weighted by Crippen LogP contribution is -2.41. The molecular formula is C28H32N2O6S. The van der Waals surface area contributed by atoms with Gasteiger partial charge in [-0.2, -0.15) is 0 Å². The van der Waals surface area contributed by atoms with Crippen molar-refractivity contribution >= 4 is 27.4 Å². The number of fused-ring (bicyclic) bond motifs is 1. The summed E-state index contributed by atoms with van der Waals surface area (Å²) in [6.45, 7) is 3.28. The molecular weight excluding hydrogens is 492 g/mol. The number of likely N-dealkylation sites (N-methyl/N-ethyl adjacent to an activating group) is 1. The Morgan fingerprint density at radius 2 is 1.86 bits per heavy atom. The van der Waals surface area contributed by atoms with Crippen LogP contribution in [-0.2, 0) is 21.2 Å². The zero-order valence-corrected chi connectivity index (χ0v) is 21.9. The molecule has 0 amide bonds. The number of rotatable bonds is 11. The number of carboxylic acid groups (broad SMARTS) is 1. The second-order valence-corrected chi connectivity index (χ2v) is 10.9. The molecule has 0 saturated carbocycles. The molecule has 0 aliphatic carbocycles. The number of para-hydroxylation sites is 2. The highest BCUT2D eigenvalue weighted by atomic mass is 32.2. The predicted molar refractivity (Wildman–Crippen MR) is 143 cm³/mol. The average Bonchev–Trinajstić information content (AvgIpc) is 2.88. The van der Waals surface area contributed by atoms with Crippen LogP contribution in [0.4, 0.5) is 11.4 Å². The number of nitrogens with zero attached hydrogens (tertiary/aromatic N) is 2. The molecule has 3 aromatic rings. The van der Waals surface area contributed by atoms with Crippen LogP contribution in [0, 0.1) is 0 Å². The van der Waals surface area contributed by atoms with Gasteiger partial charge < -0.3 is 19.5 Å². The lowest BCUT2D eigenvalue weighted by molar-refractivity contribution is -0.136. The molecule has 37 heavy (non-hydrogen) atoms. The maximum atomic E-state index is 13.6. The Morgan fingerprint density at radius 3 is 2.59 bits per heavy atom. The number of anilines is 2. The Morgan fingerprint density at radius 1 is 1.11 bits per heavy atom. The minimum Gasteiger partial charge on any atom is -0.490 e. The summed E-state index contributed by atoms with van der Waals surface area (Å²) in [5.41, 5.74) is 2.03. The molecule has 0 saturated heterocycles. The van der Waals surface area contributed by atoms with Gasteiger partial charge in [-0.3, -0.25) is 9.10 Å². The summed E-state index contributed by atoms with van der Waals surface area (Å²) in [7, 11) is -1.86. The van der Waals surface area contributed by atoms with Crippen LogP contribution in [0.2, 0.25) is 0 Å². The number of ether oxygens (including phenoxy) is 2. The lowest BCUT2D eigenvalue weighted by atomic mass is 10.1. The summed E-state index contributed by atoms with van der Waals surface area (Å²) in [6, 6.07) is 20.9. The zero-order valence-electron chi connectivity index (χ0n) is 21.0. The van der Waals surface area contributed by atoms with Crippen molar-refractivity contribution in [2.75, 3.05) is 35.9 Å². The van der Waals surface area contributed by atoms with Gasteiger partial charge in [-0.1, -0.05) is 37.6 Å². The molecule has 1 atom stereocenters. The molecule has 4 rings (SSSR count). The number of carboxylic acids is 1. The van der Waals surface area contributed by atoms with Gasteiger partial charge in [-0.05, 0) is 60.5 Å². The van der Waals surface area contributed by atoms with E-state index in [0.717, 1.165) is 17.9 Å². The molecule has 0 aromatic heterocycles. The second-order valence-electron chi connectivity index (χ2n) is 9.04. The van der Waals surface area contributed by atoms with E-state index in [-0.39, 0.29) is 17.4 Å². The maximum Gasteiger partial charge on any atom is 0.307 e. The van der Waals surface area contributed by atoms with Gasteiger partial charge in [0.05, 0.1) is 29.2 Å². The average molecular weight is 525 g/mol. The van der Waals surface area contributed by atoms with E-state index in [0.29, 0.717) is 43.1 Å². The molecule has 1 aliphatic rings. The van der Waals surface area contributed by atoms with E-state index >= 15 is 0 Å². The molecule has 0 fully saturated rings. The number of benzene rings is 3. The minimum atomic E-state index is -3.87. The first-order valence-electron chi connectivity index (χ1n) is 12.3. The molecule has 1 aliphatic heterocycles. The van der Waals surface area contributed by atoms with Gasteiger partial charge >= 0.3 is 5.97 Å². The van der Waals surface area contributed by atoms with Gasteiger partial charge in [0.1, 0.15) is 24.2 Å². The number of aliphatic carboxylic acids is 1. The van der Waals surface area contributed by atoms with E-state index in [1.54, 1.807) is 36.4 Å². The molecule has 0 spiro atoms. The van der Waals surface area contributed by atoms with Gasteiger partial charge in [0.2, 0.25) is 0 Å². The molecule has 0 unspecified atom stereocenters. The van der Waals surface area contributed by atoms with Gasteiger partial charge in [-0.25, -0.2) is 8.42 Å². The molecule has 1 N–H and O–H groups in total. The Bertz CT molecular complexity index is 1330. The summed E-state index contributed by atoms with van der Waals surface area (Å²) >= 11 is 0. The van der Waals surface area contributed by atoms with Gasteiger partial charge in [0, 0.05) is 13.6 Å². The van der Waals surface area contributed by atoms with Crippen LogP contribution in [0.5, 0.6) is 11.5 Å². The van der Waals surface area contributed by atoms with Gasteiger partial charge in [-0.15, -0.1) is 0 Å². The first-order valence-corrected chi connectivity index (χ1v) is 13.7. The highest BCUT2D eigenvalue weighted by Gasteiger charge is 2.26. The van der Waals surface area contributed by atoms with Crippen molar-refractivity contribution in [3.63, 3.8) is 0 Å². The second kappa shape index (κ2) is 11.6. The van der Waals surface area contributed by atoms with E-state index in [1.807, 2.05) is 38.2 Å². The Labute approximate surface area is 218 Å². The number of hydrogen-bond donors (Lipinski definition) is 1. The third kappa shape index (κ3) is 6.35. The highest BCUT2D eigenvalue weighted by Crippen LogP contribution is 2.32. The number of unbranched alkanes of at least 4 members (excludes halogenated alkanes) is 1. The van der Waals surface area contributed by atoms with Crippen LogP contribution in [0.25, 0.3) is 0 Å². The molecule has 8 nitrogen and oxygen atoms in total. The molecule has 0 radical (unpaired) electrons. The van der Waals surface area contributed by atoms with Gasteiger partial charge in [0.15, 0.2) is 0 Å². The predicted octanol–water partition coefficient (Wildman–Crippen LogP) is 4.59. The van der Waals surface area contributed by atoms with Crippen LogP contribution >= 0.6 is 0 Å². The third-order valence-electron chi connectivity index (χ3n) is 6.16. The summed E-state index contributed by atoms with van der Waals surface area (Å²) in [5.74, 6) is 0.392. The van der Waals surface area contributed by atoms with Crippen molar-refractivity contribution in [3.05, 3.63) is 78.4 Å². The van der Waals surface area contributed by atoms with Crippen LogP contribution < -0.4 is 18.7 Å². The van der Waals surface area contributed by atoms with Crippen molar-refractivity contribution in [1.82, 2.24) is 0 Å². The summed E-state index contributed by atoms with van der Waals surface area (Å²) in [6.07, 6.45) is 1.15. The van der Waals surface area contributed by atoms with E-state index in [9.17, 15) is 13.2 Å². The van der Waals surface area contributed by atoms with Crippen LogP contribution in [0.15, 0.2) is 77.7 Å². The van der Waals surface area contributed by atoms with Crippen molar-refractivity contribution in [3.8, 4) is 11.5 Å². The van der Waals surface area contributed by atoms with Crippen LogP contribution in [-0.4, -0.2) is 52.3 Å². The molecule has 0 bridgehead atoms. The summed E-state index contributed by atoms with van der Waals surface area (Å²) in [4.78, 5) is 13.4. The van der Waals surface area contributed by atoms with E-state index < -0.39 is 16.0 Å². The molecule has 1 heterocycles. The lowest BCUT2D eigenvalue weighted by Gasteiger charge is -2.33. The topological polar surface area (TPSA) is 96.4 Å². The van der Waals surface area contributed by atoms with E-state index in [2.05, 4.69) is 4.90 Å². The Balaban J connectivity index is 1.47. The van der Waals surface area contributed by atoms with Crippen molar-refractivity contribution in [1.29, 1.82) is 0 Å². The van der Waals surface area contributed by atoms with Crippen LogP contribution in [0.3, 0.4) is 0 Å². The van der Waals surface area contributed by atoms with E-state index in [1.165, 1.54) is 16.4 Å². The molecule has 196 valence electrons. The third-order valence-corrected chi connectivity index (χ3v) is 8.01. The van der Waals surface area contributed by atoms with Crippen molar-refractivity contribution in [2.45, 2.75) is 37.2 Å². The first-order chi connectivity index (χ1) is 17.8. The number of hydrogen-bond acceptors (Lipinski definition) is 6. The molecule has 3 aromatic carbocycles. The largest absolute Gasteiger partial charge is 0.490 e.